The van der Waals surface area contributed by atoms with Gasteiger partial charge in [0, 0.05) is 24.2 Å². The van der Waals surface area contributed by atoms with Crippen molar-refractivity contribution in [3.8, 4) is 0 Å². The molecule has 2 aliphatic heterocycles. The van der Waals surface area contributed by atoms with Crippen LogP contribution in [0.25, 0.3) is 0 Å². The van der Waals surface area contributed by atoms with E-state index < -0.39 is 0 Å². The molecule has 0 aromatic heterocycles. The van der Waals surface area contributed by atoms with Gasteiger partial charge in [-0.05, 0) is 70.2 Å². The number of benzene rings is 1. The van der Waals surface area contributed by atoms with Gasteiger partial charge in [0.05, 0.1) is 10.0 Å². The van der Waals surface area contributed by atoms with E-state index in [0.29, 0.717) is 34.0 Å². The molecule has 2 bridgehead atoms. The molecule has 2 saturated heterocycles. The van der Waals surface area contributed by atoms with Crippen LogP contribution in [-0.4, -0.2) is 35.8 Å². The van der Waals surface area contributed by atoms with Crippen molar-refractivity contribution < 1.29 is 4.84 Å². The Bertz CT molecular complexity index is 647. The third-order valence-electron chi connectivity index (χ3n) is 6.09. The molecule has 2 fully saturated rings. The zero-order valence-corrected chi connectivity index (χ0v) is 17.0. The lowest BCUT2D eigenvalue weighted by molar-refractivity contribution is -0.0174. The fourth-order valence-corrected chi connectivity index (χ4v) is 4.43. The van der Waals surface area contributed by atoms with Gasteiger partial charge in [0.25, 0.3) is 0 Å². The summed E-state index contributed by atoms with van der Waals surface area (Å²) in [6.45, 7) is 6.25. The van der Waals surface area contributed by atoms with E-state index in [1.54, 1.807) is 0 Å². The van der Waals surface area contributed by atoms with Gasteiger partial charge in [0.2, 0.25) is 0 Å². The monoisotopic (exact) mass is 382 g/mol. The SMILES string of the molecule is CCC(C)(C)O/N=C/[C@@H]1[C@@H](c2ccc(Cl)c(Cl)c2)CC2CC[C@H]1N2C. The van der Waals surface area contributed by atoms with Gasteiger partial charge in [-0.25, -0.2) is 0 Å². The zero-order valence-electron chi connectivity index (χ0n) is 15.5. The molecule has 0 N–H and O–H groups in total. The lowest BCUT2D eigenvalue weighted by atomic mass is 9.77. The van der Waals surface area contributed by atoms with Crippen molar-refractivity contribution >= 4 is 29.4 Å². The molecule has 0 radical (unpaired) electrons. The molecule has 1 unspecified atom stereocenters. The zero-order chi connectivity index (χ0) is 18.2. The number of fused-ring (bicyclic) bond motifs is 2. The minimum Gasteiger partial charge on any atom is -0.390 e. The molecule has 0 amide bonds. The van der Waals surface area contributed by atoms with Crippen molar-refractivity contribution in [3.05, 3.63) is 33.8 Å². The first kappa shape index (κ1) is 19.0. The summed E-state index contributed by atoms with van der Waals surface area (Å²) < 4.78 is 0. The second-order valence-electron chi connectivity index (χ2n) is 8.02. The van der Waals surface area contributed by atoms with Crippen LogP contribution in [0, 0.1) is 5.92 Å². The van der Waals surface area contributed by atoms with Gasteiger partial charge in [-0.1, -0.05) is 41.3 Å². The van der Waals surface area contributed by atoms with E-state index >= 15 is 0 Å². The van der Waals surface area contributed by atoms with E-state index in [2.05, 4.69) is 43.9 Å². The molecule has 1 aromatic rings. The molecule has 0 aliphatic carbocycles. The normalized spacial score (nSPS) is 30.2. The Hall–Kier alpha value is -0.770. The summed E-state index contributed by atoms with van der Waals surface area (Å²) in [6, 6.07) is 7.19. The van der Waals surface area contributed by atoms with Crippen LogP contribution in [0.1, 0.15) is 57.9 Å². The smallest absolute Gasteiger partial charge is 0.131 e. The summed E-state index contributed by atoms with van der Waals surface area (Å²) in [4.78, 5) is 8.28. The number of nitrogens with zero attached hydrogens (tertiary/aromatic N) is 2. The highest BCUT2D eigenvalue weighted by molar-refractivity contribution is 6.42. The minimum atomic E-state index is -0.228. The van der Waals surface area contributed by atoms with Gasteiger partial charge in [0.15, 0.2) is 0 Å². The summed E-state index contributed by atoms with van der Waals surface area (Å²) in [5, 5.41) is 5.63. The highest BCUT2D eigenvalue weighted by Gasteiger charge is 2.45. The first-order valence-electron chi connectivity index (χ1n) is 9.21. The van der Waals surface area contributed by atoms with E-state index in [1.807, 2.05) is 18.3 Å². The lowest BCUT2D eigenvalue weighted by Gasteiger charge is -2.41. The first-order chi connectivity index (χ1) is 11.8. The first-order valence-corrected chi connectivity index (χ1v) is 9.96. The van der Waals surface area contributed by atoms with Gasteiger partial charge in [-0.2, -0.15) is 0 Å². The number of oxime groups is 1. The molecule has 4 atom stereocenters. The minimum absolute atomic E-state index is 0.228. The second-order valence-corrected chi connectivity index (χ2v) is 8.83. The number of hydrogen-bond donors (Lipinski definition) is 0. The summed E-state index contributed by atoms with van der Waals surface area (Å²) in [7, 11) is 2.24. The van der Waals surface area contributed by atoms with E-state index in [4.69, 9.17) is 28.0 Å². The third-order valence-corrected chi connectivity index (χ3v) is 6.82. The molecule has 1 aromatic carbocycles. The molecular weight excluding hydrogens is 355 g/mol. The topological polar surface area (TPSA) is 24.8 Å². The summed E-state index contributed by atoms with van der Waals surface area (Å²) >= 11 is 12.4. The van der Waals surface area contributed by atoms with Gasteiger partial charge in [-0.3, -0.25) is 4.90 Å². The molecule has 138 valence electrons. The van der Waals surface area contributed by atoms with Crippen LogP contribution < -0.4 is 0 Å². The molecule has 25 heavy (non-hydrogen) atoms. The largest absolute Gasteiger partial charge is 0.390 e. The Morgan fingerprint density at radius 3 is 2.72 bits per heavy atom. The number of piperidine rings is 1. The van der Waals surface area contributed by atoms with Crippen molar-refractivity contribution in [2.75, 3.05) is 7.05 Å². The molecule has 2 heterocycles. The quantitative estimate of drug-likeness (QED) is 0.478. The summed E-state index contributed by atoms with van der Waals surface area (Å²) in [6.07, 6.45) is 6.56. The highest BCUT2D eigenvalue weighted by Crippen LogP contribution is 2.46. The van der Waals surface area contributed by atoms with Gasteiger partial charge in [0.1, 0.15) is 5.60 Å². The van der Waals surface area contributed by atoms with Crippen LogP contribution >= 0.6 is 23.2 Å². The van der Waals surface area contributed by atoms with Crippen LogP contribution in [0.5, 0.6) is 0 Å². The molecule has 2 aliphatic rings. The maximum atomic E-state index is 6.28. The maximum Gasteiger partial charge on any atom is 0.131 e. The number of halogens is 2. The van der Waals surface area contributed by atoms with Crippen LogP contribution in [0.3, 0.4) is 0 Å². The molecular formula is C20H28Cl2N2O. The Morgan fingerprint density at radius 1 is 1.28 bits per heavy atom. The summed E-state index contributed by atoms with van der Waals surface area (Å²) in [5.41, 5.74) is 1.03. The van der Waals surface area contributed by atoms with Crippen LogP contribution in [0.2, 0.25) is 10.0 Å². The van der Waals surface area contributed by atoms with Crippen molar-refractivity contribution in [1.82, 2.24) is 4.90 Å². The van der Waals surface area contributed by atoms with Gasteiger partial charge in [-0.15, -0.1) is 0 Å². The Labute approximate surface area is 161 Å². The van der Waals surface area contributed by atoms with E-state index in [0.717, 1.165) is 12.8 Å². The third kappa shape index (κ3) is 3.99. The van der Waals surface area contributed by atoms with Crippen LogP contribution in [0.4, 0.5) is 0 Å². The fourth-order valence-electron chi connectivity index (χ4n) is 4.12. The van der Waals surface area contributed by atoms with Crippen molar-refractivity contribution in [2.45, 2.75) is 70.1 Å². The molecule has 0 spiro atoms. The predicted octanol–water partition coefficient (Wildman–Crippen LogP) is 5.75. The Balaban J connectivity index is 1.86. The fraction of sp³-hybridized carbons (Fsp3) is 0.650. The Kier molecular flexibility index (Phi) is 5.67. The molecule has 3 nitrogen and oxygen atoms in total. The summed E-state index contributed by atoms with van der Waals surface area (Å²) in [5.74, 6) is 0.731. The van der Waals surface area contributed by atoms with Crippen LogP contribution in [0.15, 0.2) is 23.4 Å². The molecule has 0 saturated carbocycles. The van der Waals surface area contributed by atoms with Gasteiger partial charge >= 0.3 is 0 Å². The maximum absolute atomic E-state index is 6.28. The van der Waals surface area contributed by atoms with Crippen molar-refractivity contribution in [3.63, 3.8) is 0 Å². The highest BCUT2D eigenvalue weighted by atomic mass is 35.5. The predicted molar refractivity (Wildman–Crippen MR) is 106 cm³/mol. The standard InChI is InChI=1S/C20H28Cl2N2O/c1-5-20(2,3)25-23-12-16-15(11-14-7-9-19(16)24(14)4)13-6-8-17(21)18(22)10-13/h6,8,10,12,14-16,19H,5,7,9,11H2,1-4H3/b23-12+/t14?,15-,16-,19-/m1/s1. The van der Waals surface area contributed by atoms with E-state index in [-0.39, 0.29) is 5.60 Å². The van der Waals surface area contributed by atoms with Crippen molar-refractivity contribution in [1.29, 1.82) is 0 Å². The van der Waals surface area contributed by atoms with E-state index in [9.17, 15) is 0 Å². The number of rotatable bonds is 5. The van der Waals surface area contributed by atoms with Crippen LogP contribution in [-0.2, 0) is 4.84 Å². The second kappa shape index (κ2) is 7.46. The molecule has 3 rings (SSSR count). The lowest BCUT2D eigenvalue weighted by Crippen LogP contribution is -2.46. The number of hydrogen-bond acceptors (Lipinski definition) is 3. The molecule has 5 heteroatoms. The Morgan fingerprint density at radius 2 is 2.04 bits per heavy atom. The average Bonchev–Trinajstić information content (AvgIpc) is 2.81. The van der Waals surface area contributed by atoms with Gasteiger partial charge < -0.3 is 4.84 Å². The van der Waals surface area contributed by atoms with Crippen molar-refractivity contribution in [2.24, 2.45) is 11.1 Å². The average molecular weight is 383 g/mol. The van der Waals surface area contributed by atoms with E-state index in [1.165, 1.54) is 18.4 Å².